The fraction of sp³-hybridized carbons (Fsp3) is 0.545. The average Bonchev–Trinajstić information content (AvgIpc) is 2.52. The molecule has 0 saturated carbocycles. The first-order valence-electron chi connectivity index (χ1n) is 4.57. The third kappa shape index (κ3) is 3.12. The van der Waals surface area contributed by atoms with E-state index >= 15 is 0 Å². The lowest BCUT2D eigenvalue weighted by Crippen LogP contribution is -2.11. The third-order valence-corrected chi connectivity index (χ3v) is 3.36. The molecule has 0 fully saturated rings. The van der Waals surface area contributed by atoms with Gasteiger partial charge >= 0.3 is 0 Å². The Morgan fingerprint density at radius 1 is 1.57 bits per heavy atom. The molecule has 2 nitrogen and oxygen atoms in total. The Bertz CT molecular complexity index is 335. The lowest BCUT2D eigenvalue weighted by molar-refractivity contribution is 0.526. The summed E-state index contributed by atoms with van der Waals surface area (Å²) >= 11 is 1.74. The second kappa shape index (κ2) is 4.56. The smallest absolute Gasteiger partial charge is 0.116 e. The van der Waals surface area contributed by atoms with Gasteiger partial charge in [0.25, 0.3) is 0 Å². The molecule has 0 spiro atoms. The summed E-state index contributed by atoms with van der Waals surface area (Å²) in [6.07, 6.45) is 1.71. The molecule has 0 atom stereocenters. The van der Waals surface area contributed by atoms with Crippen LogP contribution in [0.4, 0.5) is 0 Å². The summed E-state index contributed by atoms with van der Waals surface area (Å²) in [5.74, 6) is 2.71. The molecule has 1 rings (SSSR count). The lowest BCUT2D eigenvalue weighted by Gasteiger charge is -2.13. The Morgan fingerprint density at radius 2 is 2.29 bits per heavy atom. The highest BCUT2D eigenvalue weighted by Gasteiger charge is 2.16. The Hall–Kier alpha value is -0.880. The van der Waals surface area contributed by atoms with Crippen LogP contribution in [0.3, 0.4) is 0 Å². The molecular weight excluding hydrogens is 194 g/mol. The monoisotopic (exact) mass is 209 g/mol. The molecule has 0 N–H and O–H groups in total. The van der Waals surface area contributed by atoms with Gasteiger partial charge in [0.15, 0.2) is 0 Å². The fourth-order valence-electron chi connectivity index (χ4n) is 0.983. The van der Waals surface area contributed by atoms with Gasteiger partial charge in [-0.25, -0.2) is 0 Å². The minimum atomic E-state index is -0.245. The van der Waals surface area contributed by atoms with E-state index in [0.717, 1.165) is 17.3 Å². The Labute approximate surface area is 89.3 Å². The van der Waals surface area contributed by atoms with Crippen LogP contribution in [-0.4, -0.2) is 5.75 Å². The van der Waals surface area contributed by atoms with Crippen molar-refractivity contribution in [2.24, 2.45) is 5.41 Å². The molecule has 0 aliphatic rings. The molecule has 0 saturated heterocycles. The first kappa shape index (κ1) is 11.2. The Balaban J connectivity index is 2.37. The summed E-state index contributed by atoms with van der Waals surface area (Å²) in [6, 6.07) is 4.25. The van der Waals surface area contributed by atoms with Gasteiger partial charge in [-0.1, -0.05) is 0 Å². The molecule has 0 unspecified atom stereocenters. The molecule has 76 valence electrons. The number of aryl methyl sites for hydroxylation is 1. The summed E-state index contributed by atoms with van der Waals surface area (Å²) in [5.41, 5.74) is 0.942. The zero-order valence-corrected chi connectivity index (χ0v) is 9.65. The quantitative estimate of drug-likeness (QED) is 0.763. The van der Waals surface area contributed by atoms with Crippen LogP contribution in [0.5, 0.6) is 0 Å². The van der Waals surface area contributed by atoms with Crippen molar-refractivity contribution in [3.05, 3.63) is 23.7 Å². The summed E-state index contributed by atoms with van der Waals surface area (Å²) < 4.78 is 5.31. The maximum atomic E-state index is 8.82. The molecule has 14 heavy (non-hydrogen) atoms. The van der Waals surface area contributed by atoms with E-state index in [9.17, 15) is 0 Å². The predicted octanol–water partition coefficient (Wildman–Crippen LogP) is 3.37. The van der Waals surface area contributed by atoms with E-state index in [1.165, 1.54) is 5.56 Å². The van der Waals surface area contributed by atoms with E-state index in [1.807, 2.05) is 26.8 Å². The van der Waals surface area contributed by atoms with Gasteiger partial charge in [0.2, 0.25) is 0 Å². The standard InChI is InChI=1S/C11H15NOS/c1-9-4-5-13-10(9)6-14-8-11(2,3)7-12/h4-5H,6,8H2,1-3H3. The SMILES string of the molecule is Cc1ccoc1CSCC(C)(C)C#N. The second-order valence-corrected chi connectivity index (χ2v) is 5.00. The van der Waals surface area contributed by atoms with Crippen molar-refractivity contribution in [2.45, 2.75) is 26.5 Å². The number of rotatable bonds is 4. The molecular formula is C11H15NOS. The van der Waals surface area contributed by atoms with Gasteiger partial charge in [-0.3, -0.25) is 0 Å². The van der Waals surface area contributed by atoms with Gasteiger partial charge in [-0.05, 0) is 32.4 Å². The van der Waals surface area contributed by atoms with Crippen molar-refractivity contribution in [1.82, 2.24) is 0 Å². The number of thioether (sulfide) groups is 1. The predicted molar refractivity (Wildman–Crippen MR) is 59.0 cm³/mol. The molecule has 0 aromatic carbocycles. The highest BCUT2D eigenvalue weighted by Crippen LogP contribution is 2.24. The topological polar surface area (TPSA) is 36.9 Å². The van der Waals surface area contributed by atoms with Crippen molar-refractivity contribution in [2.75, 3.05) is 5.75 Å². The zero-order chi connectivity index (χ0) is 10.6. The fourth-order valence-corrected chi connectivity index (χ4v) is 2.14. The number of furan rings is 1. The largest absolute Gasteiger partial charge is 0.468 e. The minimum absolute atomic E-state index is 0.245. The maximum absolute atomic E-state index is 8.82. The summed E-state index contributed by atoms with van der Waals surface area (Å²) in [4.78, 5) is 0. The number of hydrogen-bond acceptors (Lipinski definition) is 3. The van der Waals surface area contributed by atoms with E-state index in [-0.39, 0.29) is 5.41 Å². The molecule has 0 aliphatic heterocycles. The van der Waals surface area contributed by atoms with E-state index in [4.69, 9.17) is 9.68 Å². The Kier molecular flexibility index (Phi) is 3.65. The van der Waals surface area contributed by atoms with E-state index in [2.05, 4.69) is 6.07 Å². The van der Waals surface area contributed by atoms with Gasteiger partial charge in [0.1, 0.15) is 5.76 Å². The van der Waals surface area contributed by atoms with Gasteiger partial charge < -0.3 is 4.42 Å². The van der Waals surface area contributed by atoms with Crippen LogP contribution in [0, 0.1) is 23.7 Å². The van der Waals surface area contributed by atoms with Gasteiger partial charge in [-0.15, -0.1) is 0 Å². The molecule has 0 amide bonds. The van der Waals surface area contributed by atoms with Crippen LogP contribution in [0.1, 0.15) is 25.2 Å². The first-order valence-corrected chi connectivity index (χ1v) is 5.72. The summed E-state index contributed by atoms with van der Waals surface area (Å²) in [5, 5.41) is 8.82. The van der Waals surface area contributed by atoms with Crippen molar-refractivity contribution in [1.29, 1.82) is 5.26 Å². The van der Waals surface area contributed by atoms with Gasteiger partial charge in [0.05, 0.1) is 23.5 Å². The average molecular weight is 209 g/mol. The Morgan fingerprint density at radius 3 is 2.79 bits per heavy atom. The van der Waals surface area contributed by atoms with Crippen LogP contribution >= 0.6 is 11.8 Å². The molecule has 3 heteroatoms. The first-order chi connectivity index (χ1) is 6.55. The molecule has 1 aromatic rings. The number of nitriles is 1. The third-order valence-electron chi connectivity index (χ3n) is 1.97. The van der Waals surface area contributed by atoms with Crippen LogP contribution in [0.2, 0.25) is 0 Å². The van der Waals surface area contributed by atoms with E-state index < -0.39 is 0 Å². The normalized spacial score (nSPS) is 11.3. The molecule has 0 aliphatic carbocycles. The van der Waals surface area contributed by atoms with E-state index in [0.29, 0.717) is 0 Å². The van der Waals surface area contributed by atoms with Gasteiger partial charge in [0, 0.05) is 5.75 Å². The maximum Gasteiger partial charge on any atom is 0.116 e. The zero-order valence-electron chi connectivity index (χ0n) is 8.83. The minimum Gasteiger partial charge on any atom is -0.468 e. The summed E-state index contributed by atoms with van der Waals surface area (Å²) in [7, 11) is 0. The van der Waals surface area contributed by atoms with Gasteiger partial charge in [-0.2, -0.15) is 17.0 Å². The van der Waals surface area contributed by atoms with Crippen molar-refractivity contribution >= 4 is 11.8 Å². The highest BCUT2D eigenvalue weighted by atomic mass is 32.2. The second-order valence-electron chi connectivity index (χ2n) is 4.02. The van der Waals surface area contributed by atoms with Crippen LogP contribution in [-0.2, 0) is 5.75 Å². The van der Waals surface area contributed by atoms with Crippen molar-refractivity contribution in [3.63, 3.8) is 0 Å². The molecule has 1 aromatic heterocycles. The molecule has 0 radical (unpaired) electrons. The van der Waals surface area contributed by atoms with Crippen molar-refractivity contribution < 1.29 is 4.42 Å². The number of nitrogens with zero attached hydrogens (tertiary/aromatic N) is 1. The van der Waals surface area contributed by atoms with Crippen LogP contribution in [0.25, 0.3) is 0 Å². The van der Waals surface area contributed by atoms with Crippen molar-refractivity contribution in [3.8, 4) is 6.07 Å². The van der Waals surface area contributed by atoms with Crippen LogP contribution < -0.4 is 0 Å². The highest BCUT2D eigenvalue weighted by molar-refractivity contribution is 7.98. The van der Waals surface area contributed by atoms with Crippen LogP contribution in [0.15, 0.2) is 16.7 Å². The lowest BCUT2D eigenvalue weighted by atomic mass is 10.00. The molecule has 1 heterocycles. The summed E-state index contributed by atoms with van der Waals surface area (Å²) in [6.45, 7) is 5.94. The molecule has 0 bridgehead atoms. The van der Waals surface area contributed by atoms with E-state index in [1.54, 1.807) is 18.0 Å². The number of hydrogen-bond donors (Lipinski definition) is 0.